The second kappa shape index (κ2) is 6.88. The number of aryl methyl sites for hydroxylation is 2. The summed E-state index contributed by atoms with van der Waals surface area (Å²) in [6, 6.07) is 10.5. The summed E-state index contributed by atoms with van der Waals surface area (Å²) in [5.41, 5.74) is 2.58. The van der Waals surface area contributed by atoms with Crippen molar-refractivity contribution in [2.24, 2.45) is 11.3 Å². The Morgan fingerprint density at radius 1 is 1.38 bits per heavy atom. The van der Waals surface area contributed by atoms with E-state index in [2.05, 4.69) is 39.6 Å². The Kier molecular flexibility index (Phi) is 4.57. The molecule has 5 nitrogen and oxygen atoms in total. The Balaban J connectivity index is 1.52. The number of aromatic nitrogens is 1. The van der Waals surface area contributed by atoms with Gasteiger partial charge in [0.1, 0.15) is 11.4 Å². The summed E-state index contributed by atoms with van der Waals surface area (Å²) < 4.78 is 5.34. The van der Waals surface area contributed by atoms with Gasteiger partial charge in [-0.25, -0.2) is 0 Å². The molecule has 26 heavy (non-hydrogen) atoms. The fourth-order valence-electron chi connectivity index (χ4n) is 4.78. The van der Waals surface area contributed by atoms with E-state index in [1.807, 2.05) is 19.9 Å². The van der Waals surface area contributed by atoms with Crippen LogP contribution in [0.4, 0.5) is 5.69 Å². The smallest absolute Gasteiger partial charge is 0.232 e. The molecule has 1 N–H and O–H groups in total. The minimum atomic E-state index is -0.274. The summed E-state index contributed by atoms with van der Waals surface area (Å²) in [6.07, 6.45) is 3.98. The van der Waals surface area contributed by atoms with Crippen LogP contribution in [0.1, 0.15) is 43.2 Å². The molecule has 0 bridgehead atoms. The number of anilines is 1. The van der Waals surface area contributed by atoms with Crippen LogP contribution in [0.3, 0.4) is 0 Å². The van der Waals surface area contributed by atoms with Crippen molar-refractivity contribution in [1.29, 1.82) is 0 Å². The molecule has 2 heterocycles. The quantitative estimate of drug-likeness (QED) is 0.888. The lowest BCUT2D eigenvalue weighted by Crippen LogP contribution is -2.40. The molecule has 2 aromatic rings. The van der Waals surface area contributed by atoms with Gasteiger partial charge in [-0.15, -0.1) is 0 Å². The molecular formula is C21H27N3O2. The van der Waals surface area contributed by atoms with E-state index in [1.54, 1.807) is 0 Å². The molecule has 0 radical (unpaired) electrons. The normalized spacial score (nSPS) is 25.4. The average molecular weight is 353 g/mol. The highest BCUT2D eigenvalue weighted by molar-refractivity contribution is 5.97. The molecule has 1 saturated heterocycles. The monoisotopic (exact) mass is 353 g/mol. The number of fused-ring (bicyclic) bond motifs is 1. The van der Waals surface area contributed by atoms with Crippen molar-refractivity contribution >= 4 is 11.6 Å². The van der Waals surface area contributed by atoms with E-state index in [1.165, 1.54) is 5.56 Å². The maximum absolute atomic E-state index is 13.3. The second-order valence-corrected chi connectivity index (χ2v) is 7.77. The molecule has 1 aliphatic carbocycles. The van der Waals surface area contributed by atoms with Crippen LogP contribution >= 0.6 is 0 Å². The summed E-state index contributed by atoms with van der Waals surface area (Å²) >= 11 is 0. The van der Waals surface area contributed by atoms with Gasteiger partial charge in [-0.3, -0.25) is 9.69 Å². The van der Waals surface area contributed by atoms with E-state index < -0.39 is 0 Å². The predicted molar refractivity (Wildman–Crippen MR) is 101 cm³/mol. The summed E-state index contributed by atoms with van der Waals surface area (Å²) in [6.45, 7) is 6.66. The van der Waals surface area contributed by atoms with Gasteiger partial charge in [0.25, 0.3) is 0 Å². The third-order valence-corrected chi connectivity index (χ3v) is 6.14. The lowest BCUT2D eigenvalue weighted by molar-refractivity contribution is -0.126. The molecule has 2 atom stereocenters. The van der Waals surface area contributed by atoms with Gasteiger partial charge in [-0.1, -0.05) is 48.8 Å². The van der Waals surface area contributed by atoms with E-state index in [9.17, 15) is 4.79 Å². The van der Waals surface area contributed by atoms with Crippen molar-refractivity contribution in [3.05, 3.63) is 47.3 Å². The first kappa shape index (κ1) is 17.3. The largest absolute Gasteiger partial charge is 0.359 e. The number of nitrogens with zero attached hydrogens (tertiary/aromatic N) is 2. The van der Waals surface area contributed by atoms with Crippen LogP contribution in [0.15, 0.2) is 34.9 Å². The number of nitrogens with one attached hydrogen (secondary N) is 1. The lowest BCUT2D eigenvalue weighted by Gasteiger charge is -2.27. The first-order valence-electron chi connectivity index (χ1n) is 9.65. The number of hydrogen-bond acceptors (Lipinski definition) is 4. The summed E-state index contributed by atoms with van der Waals surface area (Å²) in [4.78, 5) is 15.8. The van der Waals surface area contributed by atoms with Crippen molar-refractivity contribution in [3.8, 4) is 0 Å². The molecule has 2 aliphatic rings. The average Bonchev–Trinajstić information content (AvgIpc) is 3.29. The SMILES string of the molecule is CCc1onc(C)c1NC(=O)[C@@]12CCC[C@@H]1CN(Cc1ccccc1)C2. The minimum absolute atomic E-state index is 0.150. The molecule has 1 saturated carbocycles. The third kappa shape index (κ3) is 2.94. The molecule has 5 heteroatoms. The van der Waals surface area contributed by atoms with Gasteiger partial charge in [0.05, 0.1) is 5.41 Å². The zero-order valence-corrected chi connectivity index (χ0v) is 15.6. The number of rotatable bonds is 5. The van der Waals surface area contributed by atoms with E-state index in [0.29, 0.717) is 5.92 Å². The van der Waals surface area contributed by atoms with Gasteiger partial charge in [-0.2, -0.15) is 0 Å². The molecule has 1 aromatic carbocycles. The van der Waals surface area contributed by atoms with Crippen molar-refractivity contribution in [3.63, 3.8) is 0 Å². The van der Waals surface area contributed by atoms with Crippen LogP contribution in [0, 0.1) is 18.3 Å². The maximum atomic E-state index is 13.3. The predicted octanol–water partition coefficient (Wildman–Crippen LogP) is 3.79. The molecule has 0 spiro atoms. The number of carbonyl (C=O) groups excluding carboxylic acids is 1. The van der Waals surface area contributed by atoms with Crippen molar-refractivity contribution in [2.75, 3.05) is 18.4 Å². The van der Waals surface area contributed by atoms with Crippen LogP contribution < -0.4 is 5.32 Å². The third-order valence-electron chi connectivity index (χ3n) is 6.14. The topological polar surface area (TPSA) is 58.4 Å². The first-order chi connectivity index (χ1) is 12.6. The van der Waals surface area contributed by atoms with E-state index >= 15 is 0 Å². The van der Waals surface area contributed by atoms with Crippen molar-refractivity contribution < 1.29 is 9.32 Å². The van der Waals surface area contributed by atoms with Gasteiger partial charge >= 0.3 is 0 Å². The van der Waals surface area contributed by atoms with Crippen LogP contribution in [0.5, 0.6) is 0 Å². The summed E-state index contributed by atoms with van der Waals surface area (Å²) in [5, 5.41) is 7.20. The molecule has 2 fully saturated rings. The van der Waals surface area contributed by atoms with E-state index in [4.69, 9.17) is 4.52 Å². The summed E-state index contributed by atoms with van der Waals surface area (Å²) in [7, 11) is 0. The van der Waals surface area contributed by atoms with Gasteiger partial charge in [0.15, 0.2) is 5.76 Å². The van der Waals surface area contributed by atoms with Crippen LogP contribution in [0.25, 0.3) is 0 Å². The molecular weight excluding hydrogens is 326 g/mol. The Morgan fingerprint density at radius 2 is 2.19 bits per heavy atom. The van der Waals surface area contributed by atoms with Gasteiger partial charge in [0, 0.05) is 26.1 Å². The zero-order chi connectivity index (χ0) is 18.1. The zero-order valence-electron chi connectivity index (χ0n) is 15.6. The molecule has 0 unspecified atom stereocenters. The molecule has 1 aromatic heterocycles. The Morgan fingerprint density at radius 3 is 2.96 bits per heavy atom. The number of benzene rings is 1. The Bertz CT molecular complexity index is 786. The van der Waals surface area contributed by atoms with Gasteiger partial charge in [0.2, 0.25) is 5.91 Å². The van der Waals surface area contributed by atoms with Gasteiger partial charge in [-0.05, 0) is 31.2 Å². The van der Waals surface area contributed by atoms with E-state index in [0.717, 1.165) is 62.5 Å². The first-order valence-corrected chi connectivity index (χ1v) is 9.65. The van der Waals surface area contributed by atoms with Crippen molar-refractivity contribution in [1.82, 2.24) is 10.1 Å². The standard InChI is InChI=1S/C21H27N3O2/c1-3-18-19(15(2)23-26-18)22-20(25)21-11-7-10-17(21)13-24(14-21)12-16-8-5-4-6-9-16/h4-6,8-9,17H,3,7,10-14H2,1-2H3,(H,22,25)/t17-,21-/m1/s1. The summed E-state index contributed by atoms with van der Waals surface area (Å²) in [5.74, 6) is 1.36. The Labute approximate surface area is 154 Å². The van der Waals surface area contributed by atoms with Gasteiger partial charge < -0.3 is 9.84 Å². The number of amides is 1. The van der Waals surface area contributed by atoms with Crippen LogP contribution in [0.2, 0.25) is 0 Å². The second-order valence-electron chi connectivity index (χ2n) is 7.77. The van der Waals surface area contributed by atoms with Crippen molar-refractivity contribution in [2.45, 2.75) is 46.1 Å². The van der Waals surface area contributed by atoms with E-state index in [-0.39, 0.29) is 11.3 Å². The highest BCUT2D eigenvalue weighted by atomic mass is 16.5. The molecule has 1 amide bonds. The highest BCUT2D eigenvalue weighted by Crippen LogP contribution is 2.49. The van der Waals surface area contributed by atoms with Crippen LogP contribution in [-0.2, 0) is 17.8 Å². The number of likely N-dealkylation sites (tertiary alicyclic amines) is 1. The van der Waals surface area contributed by atoms with Crippen LogP contribution in [-0.4, -0.2) is 29.1 Å². The fraction of sp³-hybridized carbons (Fsp3) is 0.524. The lowest BCUT2D eigenvalue weighted by atomic mass is 9.79. The molecule has 4 rings (SSSR count). The number of carbonyl (C=O) groups is 1. The number of hydrogen-bond donors (Lipinski definition) is 1. The fourth-order valence-corrected chi connectivity index (χ4v) is 4.78. The maximum Gasteiger partial charge on any atom is 0.232 e. The highest BCUT2D eigenvalue weighted by Gasteiger charge is 2.54. The molecule has 138 valence electrons. The molecule has 1 aliphatic heterocycles. The minimum Gasteiger partial charge on any atom is -0.359 e. The Hall–Kier alpha value is -2.14.